The second-order valence-electron chi connectivity index (χ2n) is 6.83. The number of ether oxygens (including phenoxy) is 1. The fourth-order valence-electron chi connectivity index (χ4n) is 3.12. The maximum Gasteiger partial charge on any atom is 0.325 e. The van der Waals surface area contributed by atoms with Gasteiger partial charge in [0.05, 0.1) is 5.75 Å². The van der Waals surface area contributed by atoms with Crippen LogP contribution in [0.15, 0.2) is 34.9 Å². The summed E-state index contributed by atoms with van der Waals surface area (Å²) in [5, 5.41) is 6.14. The van der Waals surface area contributed by atoms with E-state index in [-0.39, 0.29) is 24.5 Å². The fourth-order valence-corrected chi connectivity index (χ4v) is 4.33. The van der Waals surface area contributed by atoms with Gasteiger partial charge in [0.25, 0.3) is 5.91 Å². The van der Waals surface area contributed by atoms with Crippen molar-refractivity contribution in [2.75, 3.05) is 11.1 Å². The Hall–Kier alpha value is -2.72. The van der Waals surface area contributed by atoms with Crippen LogP contribution in [0.5, 0.6) is 0 Å². The van der Waals surface area contributed by atoms with Crippen molar-refractivity contribution in [2.24, 2.45) is 0 Å². The molecule has 156 valence electrons. The summed E-state index contributed by atoms with van der Waals surface area (Å²) in [4.78, 5) is 25.1. The van der Waals surface area contributed by atoms with Gasteiger partial charge in [0.15, 0.2) is 11.9 Å². The summed E-state index contributed by atoms with van der Waals surface area (Å²) < 4.78 is 36.5. The van der Waals surface area contributed by atoms with Crippen LogP contribution in [0.4, 0.5) is 5.82 Å². The number of hydrogen-bond donors (Lipinski definition) is 1. The molecule has 0 bridgehead atoms. The number of anilines is 1. The number of carbonyl (C=O) groups is 2. The van der Waals surface area contributed by atoms with E-state index in [0.29, 0.717) is 5.76 Å². The molecule has 9 nitrogen and oxygen atoms in total. The van der Waals surface area contributed by atoms with Crippen LogP contribution in [0.25, 0.3) is 0 Å². The van der Waals surface area contributed by atoms with E-state index >= 15 is 0 Å². The summed E-state index contributed by atoms with van der Waals surface area (Å²) in [5.41, 5.74) is 1.73. The molecule has 0 spiro atoms. The van der Waals surface area contributed by atoms with Gasteiger partial charge in [-0.1, -0.05) is 29.4 Å². The minimum atomic E-state index is -3.65. The van der Waals surface area contributed by atoms with Gasteiger partial charge < -0.3 is 14.6 Å². The number of aromatic nitrogens is 1. The third-order valence-electron chi connectivity index (χ3n) is 4.74. The Balaban J connectivity index is 1.75. The van der Waals surface area contributed by atoms with Crippen molar-refractivity contribution in [3.05, 3.63) is 47.2 Å². The molecule has 1 aliphatic rings. The van der Waals surface area contributed by atoms with Crippen LogP contribution in [0, 0.1) is 6.92 Å². The van der Waals surface area contributed by atoms with Gasteiger partial charge in [-0.05, 0) is 31.9 Å². The van der Waals surface area contributed by atoms with E-state index < -0.39 is 34.0 Å². The number of fused-ring (bicyclic) bond motifs is 1. The van der Waals surface area contributed by atoms with E-state index in [1.807, 2.05) is 24.3 Å². The Morgan fingerprint density at radius 1 is 1.34 bits per heavy atom. The van der Waals surface area contributed by atoms with E-state index in [1.165, 1.54) is 19.9 Å². The summed E-state index contributed by atoms with van der Waals surface area (Å²) in [6.45, 7) is 4.70. The molecule has 0 radical (unpaired) electrons. The van der Waals surface area contributed by atoms with Gasteiger partial charge in [0, 0.05) is 19.0 Å². The molecule has 0 fully saturated rings. The second kappa shape index (κ2) is 8.34. The zero-order valence-corrected chi connectivity index (χ0v) is 17.2. The molecule has 0 saturated carbocycles. The van der Waals surface area contributed by atoms with E-state index in [2.05, 4.69) is 10.5 Å². The molecule has 1 N–H and O–H groups in total. The smallest absolute Gasteiger partial charge is 0.325 e. The number of esters is 1. The first-order valence-electron chi connectivity index (χ1n) is 9.22. The maximum absolute atomic E-state index is 12.8. The first kappa shape index (κ1) is 21.0. The van der Waals surface area contributed by atoms with E-state index in [4.69, 9.17) is 9.26 Å². The number of amides is 1. The van der Waals surface area contributed by atoms with E-state index in [0.717, 1.165) is 15.4 Å². The Morgan fingerprint density at radius 2 is 2.03 bits per heavy atom. The number of nitrogens with zero attached hydrogens (tertiary/aromatic N) is 2. The third-order valence-corrected chi connectivity index (χ3v) is 6.57. The second-order valence-corrected chi connectivity index (χ2v) is 9.04. The number of benzene rings is 1. The highest BCUT2D eigenvalue weighted by Gasteiger charge is 2.39. The Kier molecular flexibility index (Phi) is 6.04. The van der Waals surface area contributed by atoms with Crippen molar-refractivity contribution in [1.82, 2.24) is 9.46 Å². The van der Waals surface area contributed by atoms with Crippen molar-refractivity contribution in [3.8, 4) is 0 Å². The molecular formula is C19H23N3O6S. The number of carbonyl (C=O) groups excluding carboxylic acids is 2. The highest BCUT2D eigenvalue weighted by Crippen LogP contribution is 2.27. The van der Waals surface area contributed by atoms with Crippen molar-refractivity contribution in [3.63, 3.8) is 0 Å². The van der Waals surface area contributed by atoms with Gasteiger partial charge in [0.2, 0.25) is 10.0 Å². The maximum atomic E-state index is 12.8. The lowest BCUT2D eigenvalue weighted by molar-refractivity contribution is -0.157. The molecule has 1 amide bonds. The average molecular weight is 421 g/mol. The number of rotatable bonds is 6. The predicted octanol–water partition coefficient (Wildman–Crippen LogP) is 1.63. The largest absolute Gasteiger partial charge is 0.451 e. The normalized spacial score (nSPS) is 18.0. The summed E-state index contributed by atoms with van der Waals surface area (Å²) in [6, 6.07) is 7.85. The van der Waals surface area contributed by atoms with Crippen LogP contribution < -0.4 is 5.32 Å². The van der Waals surface area contributed by atoms with E-state index in [1.54, 1.807) is 6.92 Å². The molecule has 2 heterocycles. The molecule has 0 saturated heterocycles. The number of sulfonamides is 1. The number of hydrogen-bond acceptors (Lipinski definition) is 7. The van der Waals surface area contributed by atoms with Gasteiger partial charge in [0.1, 0.15) is 11.8 Å². The molecule has 2 atom stereocenters. The van der Waals surface area contributed by atoms with Gasteiger partial charge in [-0.3, -0.25) is 9.59 Å². The lowest BCUT2D eigenvalue weighted by atomic mass is 9.96. The minimum Gasteiger partial charge on any atom is -0.451 e. The molecule has 0 unspecified atom stereocenters. The van der Waals surface area contributed by atoms with Gasteiger partial charge >= 0.3 is 5.97 Å². The number of aryl methyl sites for hydroxylation is 1. The SMILES string of the molecule is CCS(=O)(=O)N1Cc2ccccc2C[C@@H]1C(=O)O[C@H](C)C(=O)Nc1cc(C)on1. The molecule has 10 heteroatoms. The highest BCUT2D eigenvalue weighted by molar-refractivity contribution is 7.89. The Morgan fingerprint density at radius 3 is 2.66 bits per heavy atom. The Bertz CT molecular complexity index is 1020. The average Bonchev–Trinajstić information content (AvgIpc) is 3.11. The lowest BCUT2D eigenvalue weighted by Crippen LogP contribution is -2.50. The first-order chi connectivity index (χ1) is 13.7. The van der Waals surface area contributed by atoms with Gasteiger partial charge in [-0.15, -0.1) is 0 Å². The van der Waals surface area contributed by atoms with Crippen LogP contribution >= 0.6 is 0 Å². The lowest BCUT2D eigenvalue weighted by Gasteiger charge is -2.34. The summed E-state index contributed by atoms with van der Waals surface area (Å²) in [5.74, 6) is -0.771. The Labute approximate surface area is 169 Å². The molecule has 2 aromatic rings. The fraction of sp³-hybridized carbons (Fsp3) is 0.421. The third kappa shape index (κ3) is 4.65. The van der Waals surface area contributed by atoms with Crippen molar-refractivity contribution in [1.29, 1.82) is 0 Å². The molecule has 3 rings (SSSR count). The molecule has 1 aromatic carbocycles. The topological polar surface area (TPSA) is 119 Å². The minimum absolute atomic E-state index is 0.0882. The van der Waals surface area contributed by atoms with Crippen LogP contribution in [0.3, 0.4) is 0 Å². The molecule has 1 aromatic heterocycles. The number of nitrogens with one attached hydrogen (secondary N) is 1. The first-order valence-corrected chi connectivity index (χ1v) is 10.8. The van der Waals surface area contributed by atoms with Crippen molar-refractivity contribution in [2.45, 2.75) is 45.9 Å². The van der Waals surface area contributed by atoms with Crippen LogP contribution in [0.1, 0.15) is 30.7 Å². The van der Waals surface area contributed by atoms with Crippen molar-refractivity contribution >= 4 is 27.7 Å². The summed E-state index contributed by atoms with van der Waals surface area (Å²) in [6.07, 6.45) is -0.951. The van der Waals surface area contributed by atoms with Crippen LogP contribution in [0.2, 0.25) is 0 Å². The molecule has 1 aliphatic heterocycles. The zero-order chi connectivity index (χ0) is 21.2. The predicted molar refractivity (Wildman–Crippen MR) is 104 cm³/mol. The summed E-state index contributed by atoms with van der Waals surface area (Å²) in [7, 11) is -3.65. The van der Waals surface area contributed by atoms with Gasteiger partial charge in [-0.2, -0.15) is 4.31 Å². The highest BCUT2D eigenvalue weighted by atomic mass is 32.2. The molecule has 29 heavy (non-hydrogen) atoms. The molecule has 0 aliphatic carbocycles. The van der Waals surface area contributed by atoms with Crippen LogP contribution in [-0.2, 0) is 37.3 Å². The summed E-state index contributed by atoms with van der Waals surface area (Å²) >= 11 is 0. The van der Waals surface area contributed by atoms with Gasteiger partial charge in [-0.25, -0.2) is 8.42 Å². The monoisotopic (exact) mass is 421 g/mol. The quantitative estimate of drug-likeness (QED) is 0.704. The van der Waals surface area contributed by atoms with E-state index in [9.17, 15) is 18.0 Å². The zero-order valence-electron chi connectivity index (χ0n) is 16.4. The standard InChI is InChI=1S/C19H23N3O6S/c1-4-29(25,26)22-11-15-8-6-5-7-14(15)10-16(22)19(24)27-13(3)18(23)20-17-9-12(2)28-21-17/h5-9,13,16H,4,10-11H2,1-3H3,(H,20,21,23)/t13-,16-/m1/s1. The molecular weight excluding hydrogens is 398 g/mol. The van der Waals surface area contributed by atoms with Crippen molar-refractivity contribution < 1.29 is 27.3 Å². The van der Waals surface area contributed by atoms with Crippen LogP contribution in [-0.4, -0.2) is 47.7 Å².